The zero-order valence-electron chi connectivity index (χ0n) is 12.7. The number of carbonyl (C=O) groups is 1. The summed E-state index contributed by atoms with van der Waals surface area (Å²) in [7, 11) is 0. The van der Waals surface area contributed by atoms with E-state index in [1.807, 2.05) is 0 Å². The van der Waals surface area contributed by atoms with Gasteiger partial charge in [0, 0.05) is 12.6 Å². The minimum absolute atomic E-state index is 0.260. The molecule has 116 valence electrons. The zero-order valence-corrected chi connectivity index (χ0v) is 12.7. The molecule has 2 N–H and O–H groups in total. The van der Waals surface area contributed by atoms with Crippen LogP contribution in [0.15, 0.2) is 24.3 Å². The predicted molar refractivity (Wildman–Crippen MR) is 82.9 cm³/mol. The SMILES string of the molecule is C[C@@H](NCCOc1cccc(C(=O)O)c1)C1CCCCC1. The lowest BCUT2D eigenvalue weighted by atomic mass is 9.84. The minimum Gasteiger partial charge on any atom is -0.492 e. The van der Waals surface area contributed by atoms with E-state index in [9.17, 15) is 4.79 Å². The van der Waals surface area contributed by atoms with Gasteiger partial charge < -0.3 is 15.2 Å². The highest BCUT2D eigenvalue weighted by atomic mass is 16.5. The van der Waals surface area contributed by atoms with E-state index in [0.717, 1.165) is 12.5 Å². The van der Waals surface area contributed by atoms with Gasteiger partial charge in [-0.25, -0.2) is 4.79 Å². The number of carboxylic acid groups (broad SMARTS) is 1. The Labute approximate surface area is 126 Å². The normalized spacial score (nSPS) is 17.4. The van der Waals surface area contributed by atoms with Crippen molar-refractivity contribution in [2.75, 3.05) is 13.2 Å². The molecule has 0 heterocycles. The van der Waals surface area contributed by atoms with E-state index in [2.05, 4.69) is 12.2 Å². The number of carboxylic acids is 1. The smallest absolute Gasteiger partial charge is 0.335 e. The first kappa shape index (κ1) is 15.8. The molecule has 4 nitrogen and oxygen atoms in total. The van der Waals surface area contributed by atoms with Crippen LogP contribution in [0.5, 0.6) is 5.75 Å². The maximum absolute atomic E-state index is 10.9. The quantitative estimate of drug-likeness (QED) is 0.757. The Balaban J connectivity index is 1.69. The van der Waals surface area contributed by atoms with Crippen molar-refractivity contribution in [1.82, 2.24) is 5.32 Å². The summed E-state index contributed by atoms with van der Waals surface area (Å²) >= 11 is 0. The predicted octanol–water partition coefficient (Wildman–Crippen LogP) is 3.32. The Morgan fingerprint density at radius 3 is 2.86 bits per heavy atom. The van der Waals surface area contributed by atoms with Crippen molar-refractivity contribution >= 4 is 5.97 Å². The number of aromatic carboxylic acids is 1. The van der Waals surface area contributed by atoms with Gasteiger partial charge in [0.2, 0.25) is 0 Å². The third-order valence-electron chi connectivity index (χ3n) is 4.28. The van der Waals surface area contributed by atoms with Gasteiger partial charge in [0.05, 0.1) is 5.56 Å². The van der Waals surface area contributed by atoms with Crippen LogP contribution >= 0.6 is 0 Å². The molecule has 1 aromatic carbocycles. The van der Waals surface area contributed by atoms with E-state index < -0.39 is 5.97 Å². The molecule has 0 unspecified atom stereocenters. The first-order valence-corrected chi connectivity index (χ1v) is 7.86. The second-order valence-electron chi connectivity index (χ2n) is 5.82. The van der Waals surface area contributed by atoms with E-state index >= 15 is 0 Å². The van der Waals surface area contributed by atoms with Gasteiger partial charge >= 0.3 is 5.97 Å². The fourth-order valence-corrected chi connectivity index (χ4v) is 2.98. The number of hydrogen-bond acceptors (Lipinski definition) is 3. The largest absolute Gasteiger partial charge is 0.492 e. The van der Waals surface area contributed by atoms with Gasteiger partial charge in [0.25, 0.3) is 0 Å². The third kappa shape index (κ3) is 5.05. The van der Waals surface area contributed by atoms with E-state index in [-0.39, 0.29) is 5.56 Å². The summed E-state index contributed by atoms with van der Waals surface area (Å²) in [5, 5.41) is 12.4. The Bertz CT molecular complexity index is 455. The van der Waals surface area contributed by atoms with Crippen molar-refractivity contribution in [2.45, 2.75) is 45.1 Å². The zero-order chi connectivity index (χ0) is 15.1. The van der Waals surface area contributed by atoms with Gasteiger partial charge in [0.1, 0.15) is 12.4 Å². The van der Waals surface area contributed by atoms with Crippen molar-refractivity contribution in [3.05, 3.63) is 29.8 Å². The summed E-state index contributed by atoms with van der Waals surface area (Å²) < 4.78 is 5.61. The molecule has 0 saturated heterocycles. The average Bonchev–Trinajstić information content (AvgIpc) is 2.52. The van der Waals surface area contributed by atoms with Crippen LogP contribution in [-0.4, -0.2) is 30.3 Å². The number of hydrogen-bond donors (Lipinski definition) is 2. The molecule has 1 aliphatic rings. The monoisotopic (exact) mass is 291 g/mol. The molecule has 0 aromatic heterocycles. The second kappa shape index (κ2) is 8.03. The van der Waals surface area contributed by atoms with Crippen molar-refractivity contribution in [3.63, 3.8) is 0 Å². The summed E-state index contributed by atoms with van der Waals surface area (Å²) in [4.78, 5) is 10.9. The Morgan fingerprint density at radius 2 is 2.14 bits per heavy atom. The molecular formula is C17H25NO3. The van der Waals surface area contributed by atoms with Crippen LogP contribution in [-0.2, 0) is 0 Å². The third-order valence-corrected chi connectivity index (χ3v) is 4.28. The van der Waals surface area contributed by atoms with Crippen molar-refractivity contribution in [3.8, 4) is 5.75 Å². The maximum Gasteiger partial charge on any atom is 0.335 e. The lowest BCUT2D eigenvalue weighted by Crippen LogP contribution is -2.37. The molecule has 1 aliphatic carbocycles. The van der Waals surface area contributed by atoms with Crippen LogP contribution in [0.3, 0.4) is 0 Å². The molecule has 2 rings (SSSR count). The molecule has 21 heavy (non-hydrogen) atoms. The van der Waals surface area contributed by atoms with Gasteiger partial charge in [0.15, 0.2) is 0 Å². The highest BCUT2D eigenvalue weighted by Gasteiger charge is 2.19. The molecule has 0 radical (unpaired) electrons. The van der Waals surface area contributed by atoms with Crippen molar-refractivity contribution in [2.24, 2.45) is 5.92 Å². The van der Waals surface area contributed by atoms with E-state index in [1.54, 1.807) is 24.3 Å². The number of nitrogens with one attached hydrogen (secondary N) is 1. The molecule has 0 bridgehead atoms. The van der Waals surface area contributed by atoms with Crippen LogP contribution < -0.4 is 10.1 Å². The fourth-order valence-electron chi connectivity index (χ4n) is 2.98. The minimum atomic E-state index is -0.926. The summed E-state index contributed by atoms with van der Waals surface area (Å²) in [6.07, 6.45) is 6.75. The van der Waals surface area contributed by atoms with Crippen LogP contribution in [0.4, 0.5) is 0 Å². The molecule has 1 atom stereocenters. The summed E-state index contributed by atoms with van der Waals surface area (Å²) in [6.45, 7) is 3.59. The molecule has 4 heteroatoms. The van der Waals surface area contributed by atoms with Gasteiger partial charge in [-0.1, -0.05) is 25.3 Å². The molecule has 1 fully saturated rings. The first-order chi connectivity index (χ1) is 10.2. The van der Waals surface area contributed by atoms with E-state index in [1.165, 1.54) is 32.1 Å². The van der Waals surface area contributed by atoms with Crippen LogP contribution in [0.25, 0.3) is 0 Å². The van der Waals surface area contributed by atoms with Crippen LogP contribution in [0, 0.1) is 5.92 Å². The van der Waals surface area contributed by atoms with Gasteiger partial charge in [-0.3, -0.25) is 0 Å². The Hall–Kier alpha value is -1.55. The molecule has 1 saturated carbocycles. The first-order valence-electron chi connectivity index (χ1n) is 7.86. The summed E-state index contributed by atoms with van der Waals surface area (Å²) in [5.74, 6) is 0.473. The maximum atomic E-state index is 10.9. The highest BCUT2D eigenvalue weighted by Crippen LogP contribution is 2.26. The average molecular weight is 291 g/mol. The second-order valence-corrected chi connectivity index (χ2v) is 5.82. The van der Waals surface area contributed by atoms with Gasteiger partial charge in [-0.05, 0) is 43.9 Å². The van der Waals surface area contributed by atoms with E-state index in [4.69, 9.17) is 9.84 Å². The fraction of sp³-hybridized carbons (Fsp3) is 0.588. The summed E-state index contributed by atoms with van der Waals surface area (Å²) in [6, 6.07) is 7.15. The Morgan fingerprint density at radius 1 is 1.38 bits per heavy atom. The topological polar surface area (TPSA) is 58.6 Å². The molecule has 0 aliphatic heterocycles. The lowest BCUT2D eigenvalue weighted by Gasteiger charge is -2.28. The lowest BCUT2D eigenvalue weighted by molar-refractivity contribution is 0.0696. The van der Waals surface area contributed by atoms with Gasteiger partial charge in [-0.2, -0.15) is 0 Å². The molecule has 1 aromatic rings. The van der Waals surface area contributed by atoms with Crippen LogP contribution in [0.1, 0.15) is 49.4 Å². The van der Waals surface area contributed by atoms with Crippen molar-refractivity contribution in [1.29, 1.82) is 0 Å². The number of rotatable bonds is 7. The molecular weight excluding hydrogens is 266 g/mol. The van der Waals surface area contributed by atoms with Crippen LogP contribution in [0.2, 0.25) is 0 Å². The van der Waals surface area contributed by atoms with Gasteiger partial charge in [-0.15, -0.1) is 0 Å². The Kier molecular flexibility index (Phi) is 6.05. The highest BCUT2D eigenvalue weighted by molar-refractivity contribution is 5.87. The van der Waals surface area contributed by atoms with Crippen molar-refractivity contribution < 1.29 is 14.6 Å². The summed E-state index contributed by atoms with van der Waals surface area (Å²) in [5.41, 5.74) is 0.260. The number of benzene rings is 1. The molecule has 0 spiro atoms. The molecule has 0 amide bonds. The standard InChI is InChI=1S/C17H25NO3/c1-13(14-6-3-2-4-7-14)18-10-11-21-16-9-5-8-15(12-16)17(19)20/h5,8-9,12-14,18H,2-4,6-7,10-11H2,1H3,(H,19,20)/t13-/m1/s1. The van der Waals surface area contributed by atoms with E-state index in [0.29, 0.717) is 18.4 Å². The number of ether oxygens (including phenoxy) is 1.